The van der Waals surface area contributed by atoms with Crippen LogP contribution in [0.2, 0.25) is 0 Å². The molecule has 4 bridgehead atoms. The molecule has 3 aliphatic heterocycles. The highest BCUT2D eigenvalue weighted by molar-refractivity contribution is 5.79. The number of piperidine rings is 4. The lowest BCUT2D eigenvalue weighted by atomic mass is 9.66. The van der Waals surface area contributed by atoms with Gasteiger partial charge in [0.2, 0.25) is 11.8 Å². The minimum absolute atomic E-state index is 0.0624. The van der Waals surface area contributed by atoms with Crippen LogP contribution in [0.3, 0.4) is 0 Å². The van der Waals surface area contributed by atoms with Crippen molar-refractivity contribution in [3.05, 3.63) is 0 Å². The highest BCUT2D eigenvalue weighted by atomic mass is 16.2. The Labute approximate surface area is 169 Å². The maximum atomic E-state index is 12.7. The van der Waals surface area contributed by atoms with Crippen LogP contribution in [0.4, 0.5) is 0 Å². The van der Waals surface area contributed by atoms with Crippen molar-refractivity contribution in [1.82, 2.24) is 20.4 Å². The summed E-state index contributed by atoms with van der Waals surface area (Å²) >= 11 is 0. The zero-order valence-electron chi connectivity index (χ0n) is 18.0. The molecule has 5 rings (SSSR count). The Kier molecular flexibility index (Phi) is 5.71. The lowest BCUT2D eigenvalue weighted by Gasteiger charge is -2.54. The van der Waals surface area contributed by atoms with Gasteiger partial charge >= 0.3 is 0 Å². The molecule has 28 heavy (non-hydrogen) atoms. The molecule has 6 nitrogen and oxygen atoms in total. The van der Waals surface area contributed by atoms with E-state index in [0.717, 1.165) is 39.1 Å². The molecule has 2 saturated carbocycles. The summed E-state index contributed by atoms with van der Waals surface area (Å²) in [6.07, 6.45) is 3.46. The molecule has 2 aliphatic carbocycles. The van der Waals surface area contributed by atoms with Crippen LogP contribution < -0.4 is 10.6 Å². The number of rotatable bonds is 7. The molecule has 0 aromatic rings. The van der Waals surface area contributed by atoms with Gasteiger partial charge in [-0.05, 0) is 56.5 Å². The number of nitrogens with zero attached hydrogens (tertiary/aromatic N) is 2. The molecular formula is C22H38N4O2. The highest BCUT2D eigenvalue weighted by Gasteiger charge is 2.48. The molecule has 0 radical (unpaired) electrons. The highest BCUT2D eigenvalue weighted by Crippen LogP contribution is 2.41. The number of nitrogens with one attached hydrogen (secondary N) is 2. The van der Waals surface area contributed by atoms with Gasteiger partial charge in [0.25, 0.3) is 0 Å². The lowest BCUT2D eigenvalue weighted by Crippen LogP contribution is -2.65. The smallest absolute Gasteiger partial charge is 0.223 e. The minimum Gasteiger partial charge on any atom is -0.352 e. The van der Waals surface area contributed by atoms with E-state index in [1.54, 1.807) is 0 Å². The van der Waals surface area contributed by atoms with E-state index >= 15 is 0 Å². The van der Waals surface area contributed by atoms with Crippen LogP contribution in [0.5, 0.6) is 0 Å². The van der Waals surface area contributed by atoms with Crippen molar-refractivity contribution in [2.45, 2.75) is 52.1 Å². The molecule has 3 saturated heterocycles. The Balaban J connectivity index is 1.17. The van der Waals surface area contributed by atoms with Crippen molar-refractivity contribution in [2.75, 3.05) is 39.8 Å². The number of hydrogen-bond acceptors (Lipinski definition) is 4. The van der Waals surface area contributed by atoms with Crippen LogP contribution >= 0.6 is 0 Å². The summed E-state index contributed by atoms with van der Waals surface area (Å²) in [4.78, 5) is 29.5. The zero-order chi connectivity index (χ0) is 20.0. The minimum atomic E-state index is 0.0624. The topological polar surface area (TPSA) is 64.7 Å². The fraction of sp³-hybridized carbons (Fsp3) is 0.909. The van der Waals surface area contributed by atoms with Gasteiger partial charge in [0.1, 0.15) is 0 Å². The quantitative estimate of drug-likeness (QED) is 0.685. The third kappa shape index (κ3) is 3.95. The van der Waals surface area contributed by atoms with Gasteiger partial charge in [0.15, 0.2) is 0 Å². The summed E-state index contributed by atoms with van der Waals surface area (Å²) in [6.45, 7) is 11.4. The van der Waals surface area contributed by atoms with Crippen molar-refractivity contribution in [2.24, 2.45) is 35.5 Å². The van der Waals surface area contributed by atoms with E-state index in [1.807, 2.05) is 13.8 Å². The number of hydrogen-bond donors (Lipinski definition) is 2. The zero-order valence-corrected chi connectivity index (χ0v) is 18.0. The molecule has 0 aromatic heterocycles. The fourth-order valence-electron chi connectivity index (χ4n) is 5.91. The van der Waals surface area contributed by atoms with Crippen LogP contribution in [0.15, 0.2) is 0 Å². The second kappa shape index (κ2) is 7.94. The van der Waals surface area contributed by atoms with Crippen molar-refractivity contribution >= 4 is 11.8 Å². The first kappa shape index (κ1) is 20.1. The van der Waals surface area contributed by atoms with E-state index in [-0.39, 0.29) is 23.7 Å². The first-order valence-electron chi connectivity index (χ1n) is 11.3. The molecule has 3 heterocycles. The average Bonchev–Trinajstić information content (AvgIpc) is 2.67. The summed E-state index contributed by atoms with van der Waals surface area (Å²) in [6, 6.07) is 0.794. The van der Waals surface area contributed by atoms with Gasteiger partial charge < -0.3 is 20.4 Å². The van der Waals surface area contributed by atoms with E-state index < -0.39 is 0 Å². The molecule has 5 aliphatic rings. The van der Waals surface area contributed by atoms with Gasteiger partial charge in [-0.25, -0.2) is 0 Å². The second-order valence-electron chi connectivity index (χ2n) is 10.4. The number of amides is 2. The Morgan fingerprint density at radius 3 is 1.89 bits per heavy atom. The molecule has 6 heteroatoms. The van der Waals surface area contributed by atoms with Crippen LogP contribution in [-0.2, 0) is 9.59 Å². The molecule has 1 unspecified atom stereocenters. The third-order valence-corrected chi connectivity index (χ3v) is 7.79. The summed E-state index contributed by atoms with van der Waals surface area (Å²) in [7, 11) is 2.18. The molecule has 0 aromatic carbocycles. The van der Waals surface area contributed by atoms with Gasteiger partial charge in [0, 0.05) is 50.1 Å². The maximum absolute atomic E-state index is 12.7. The molecule has 7 atom stereocenters. The van der Waals surface area contributed by atoms with Crippen molar-refractivity contribution in [1.29, 1.82) is 0 Å². The van der Waals surface area contributed by atoms with E-state index in [9.17, 15) is 9.59 Å². The first-order valence-corrected chi connectivity index (χ1v) is 11.3. The number of carbonyl (C=O) groups is 2. The summed E-state index contributed by atoms with van der Waals surface area (Å²) in [5.74, 6) is 3.08. The van der Waals surface area contributed by atoms with Gasteiger partial charge in [-0.15, -0.1) is 0 Å². The average molecular weight is 391 g/mol. The molecule has 2 amide bonds. The summed E-state index contributed by atoms with van der Waals surface area (Å²) in [5.41, 5.74) is 0. The molecule has 2 N–H and O–H groups in total. The van der Waals surface area contributed by atoms with Crippen LogP contribution in [0.1, 0.15) is 40.0 Å². The van der Waals surface area contributed by atoms with Gasteiger partial charge in [0.05, 0.1) is 0 Å². The van der Waals surface area contributed by atoms with E-state index in [4.69, 9.17) is 0 Å². The van der Waals surface area contributed by atoms with Crippen molar-refractivity contribution < 1.29 is 9.59 Å². The second-order valence-corrected chi connectivity index (χ2v) is 10.4. The third-order valence-electron chi connectivity index (χ3n) is 7.79. The Bertz CT molecular complexity index is 585. The van der Waals surface area contributed by atoms with Crippen LogP contribution in [-0.4, -0.2) is 73.5 Å². The monoisotopic (exact) mass is 390 g/mol. The van der Waals surface area contributed by atoms with E-state index in [2.05, 4.69) is 34.4 Å². The largest absolute Gasteiger partial charge is 0.352 e. The van der Waals surface area contributed by atoms with Gasteiger partial charge in [-0.1, -0.05) is 20.8 Å². The van der Waals surface area contributed by atoms with Crippen LogP contribution in [0.25, 0.3) is 0 Å². The molecule has 5 fully saturated rings. The summed E-state index contributed by atoms with van der Waals surface area (Å²) < 4.78 is 0. The molecule has 0 spiro atoms. The van der Waals surface area contributed by atoms with Gasteiger partial charge in [-0.2, -0.15) is 0 Å². The maximum Gasteiger partial charge on any atom is 0.223 e. The van der Waals surface area contributed by atoms with E-state index in [1.165, 1.54) is 12.8 Å². The molecule has 158 valence electrons. The lowest BCUT2D eigenvalue weighted by molar-refractivity contribution is -0.131. The molecular weight excluding hydrogens is 352 g/mol. The first-order chi connectivity index (χ1) is 13.3. The number of fused-ring (bicyclic) bond motifs is 4. The predicted octanol–water partition coefficient (Wildman–Crippen LogP) is 1.17. The normalized spacial score (nSPS) is 38.3. The number of likely N-dealkylation sites (tertiary alicyclic amines) is 1. The number of carbonyl (C=O) groups excluding carboxylic acids is 2. The van der Waals surface area contributed by atoms with Crippen molar-refractivity contribution in [3.63, 3.8) is 0 Å². The summed E-state index contributed by atoms with van der Waals surface area (Å²) in [5, 5.41) is 6.60. The Morgan fingerprint density at radius 2 is 1.36 bits per heavy atom. The van der Waals surface area contributed by atoms with E-state index in [0.29, 0.717) is 35.8 Å². The van der Waals surface area contributed by atoms with Gasteiger partial charge in [-0.3, -0.25) is 9.59 Å². The fourth-order valence-corrected chi connectivity index (χ4v) is 5.91. The standard InChI is InChI=1S/C22H38N4O2/c1-13(2)21(27)23-20-17-8-18(20)12-26(11-17)6-5-14(3)22(28)24-19-15-7-16(19)10-25(4)9-15/h13-20H,5-12H2,1-4H3,(H,23,27)(H,24,28)/t14?,15-,16+,17-,18+,19-,20+. The van der Waals surface area contributed by atoms with Crippen LogP contribution in [0, 0.1) is 35.5 Å². The van der Waals surface area contributed by atoms with Crippen molar-refractivity contribution in [3.8, 4) is 0 Å². The SMILES string of the molecule is CC(C)C(=O)N[C@H]1[C@@H]2C[C@H]1CN(CCC(C)C(=O)N[C@@H]1[C@@H]3C[C@H]1CN(C)C3)C2. The predicted molar refractivity (Wildman–Crippen MR) is 110 cm³/mol. The Hall–Kier alpha value is -1.14. The Morgan fingerprint density at radius 1 is 0.857 bits per heavy atom.